The summed E-state index contributed by atoms with van der Waals surface area (Å²) < 4.78 is 12.4. The number of hydrogen-bond donors (Lipinski definition) is 1. The van der Waals surface area contributed by atoms with Crippen LogP contribution in [0.4, 0.5) is 5.69 Å². The topological polar surface area (TPSA) is 96.4 Å². The minimum Gasteiger partial charge on any atom is -0.465 e. The minimum atomic E-state index is -1.20. The summed E-state index contributed by atoms with van der Waals surface area (Å²) in [7, 11) is 0. The molecule has 6 atom stereocenters. The van der Waals surface area contributed by atoms with E-state index in [1.54, 1.807) is 17.1 Å². The van der Waals surface area contributed by atoms with Crippen molar-refractivity contribution in [2.24, 2.45) is 17.8 Å². The molecule has 3 aliphatic rings. The second kappa shape index (κ2) is 11.5. The molecule has 3 fully saturated rings. The first-order chi connectivity index (χ1) is 19.0. The summed E-state index contributed by atoms with van der Waals surface area (Å²) in [5, 5.41) is 10.5. The fraction of sp³-hybridized carbons (Fsp3) is 0.594. The Morgan fingerprint density at radius 3 is 2.48 bits per heavy atom. The molecule has 3 heterocycles. The van der Waals surface area contributed by atoms with Crippen molar-refractivity contribution in [3.8, 4) is 0 Å². The number of fused-ring (bicyclic) bond motifs is 1. The van der Waals surface area contributed by atoms with Gasteiger partial charge in [0, 0.05) is 12.2 Å². The number of carbonyl (C=O) groups is 3. The van der Waals surface area contributed by atoms with Gasteiger partial charge in [0.2, 0.25) is 5.91 Å². The quantitative estimate of drug-likeness (QED) is 0.238. The highest BCUT2D eigenvalue weighted by atomic mass is 16.6. The highest BCUT2D eigenvalue weighted by Gasteiger charge is 2.79. The summed E-state index contributed by atoms with van der Waals surface area (Å²) in [5.74, 6) is -2.94. The van der Waals surface area contributed by atoms with Gasteiger partial charge in [0.1, 0.15) is 17.6 Å². The van der Waals surface area contributed by atoms with Crippen molar-refractivity contribution in [3.63, 3.8) is 0 Å². The second-order valence-corrected chi connectivity index (χ2v) is 12.0. The number of aliphatic hydroxyl groups is 1. The smallest absolute Gasteiger partial charge is 0.312 e. The predicted octanol–water partition coefficient (Wildman–Crippen LogP) is 4.11. The number of esters is 1. The first-order valence-corrected chi connectivity index (χ1v) is 14.4. The third kappa shape index (κ3) is 4.69. The zero-order valence-electron chi connectivity index (χ0n) is 24.5. The zero-order valence-corrected chi connectivity index (χ0v) is 24.5. The van der Waals surface area contributed by atoms with Crippen molar-refractivity contribution in [1.29, 1.82) is 0 Å². The molecule has 2 amide bonds. The van der Waals surface area contributed by atoms with E-state index >= 15 is 0 Å². The zero-order chi connectivity index (χ0) is 29.4. The molecule has 2 bridgehead atoms. The molecule has 8 nitrogen and oxygen atoms in total. The molecule has 0 saturated carbocycles. The summed E-state index contributed by atoms with van der Waals surface area (Å²) in [4.78, 5) is 45.9. The van der Waals surface area contributed by atoms with Crippen molar-refractivity contribution in [3.05, 3.63) is 54.6 Å². The Balaban J connectivity index is 1.83. The average molecular weight is 553 g/mol. The van der Waals surface area contributed by atoms with Crippen LogP contribution >= 0.6 is 0 Å². The molecule has 0 aliphatic carbocycles. The van der Waals surface area contributed by atoms with Crippen molar-refractivity contribution < 1.29 is 29.0 Å². The number of allylic oxidation sites excluding steroid dienone is 1. The summed E-state index contributed by atoms with van der Waals surface area (Å²) in [6.07, 6.45) is 5.78. The predicted molar refractivity (Wildman–Crippen MR) is 154 cm³/mol. The van der Waals surface area contributed by atoms with E-state index in [9.17, 15) is 19.5 Å². The van der Waals surface area contributed by atoms with Crippen LogP contribution in [0.1, 0.15) is 57.6 Å². The number of ether oxygens (including phenoxy) is 2. The van der Waals surface area contributed by atoms with Crippen molar-refractivity contribution >= 4 is 23.5 Å². The van der Waals surface area contributed by atoms with E-state index in [1.165, 1.54) is 4.90 Å². The SMILES string of the molecule is C=CCCCOC(=O)[C@@H]1[C@H]2C(=O)N([C@@H](CO)C(C)C)C(C(=O)N(CC=C)c3c(C)cccc3C)C23CC[C@@]1(C)O3. The molecule has 1 aromatic carbocycles. The Morgan fingerprint density at radius 1 is 1.23 bits per heavy atom. The number of para-hydroxylation sites is 1. The number of hydrogen-bond acceptors (Lipinski definition) is 6. The molecule has 3 aliphatic heterocycles. The fourth-order valence-electron chi connectivity index (χ4n) is 7.27. The van der Waals surface area contributed by atoms with Crippen LogP contribution < -0.4 is 4.90 Å². The van der Waals surface area contributed by atoms with Gasteiger partial charge in [0.05, 0.1) is 30.8 Å². The van der Waals surface area contributed by atoms with E-state index in [4.69, 9.17) is 9.47 Å². The highest BCUT2D eigenvalue weighted by molar-refractivity contribution is 6.05. The maximum absolute atomic E-state index is 14.8. The van der Waals surface area contributed by atoms with Crippen LogP contribution in [0.25, 0.3) is 0 Å². The number of aryl methyl sites for hydroxylation is 2. The Morgan fingerprint density at radius 2 is 1.90 bits per heavy atom. The Kier molecular flexibility index (Phi) is 8.62. The van der Waals surface area contributed by atoms with Gasteiger partial charge in [-0.2, -0.15) is 0 Å². The lowest BCUT2D eigenvalue weighted by molar-refractivity contribution is -0.161. The van der Waals surface area contributed by atoms with Gasteiger partial charge < -0.3 is 24.4 Å². The number of rotatable bonds is 12. The molecular formula is C32H44N2O6. The van der Waals surface area contributed by atoms with E-state index in [2.05, 4.69) is 13.2 Å². The molecule has 40 heavy (non-hydrogen) atoms. The van der Waals surface area contributed by atoms with E-state index < -0.39 is 41.1 Å². The van der Waals surface area contributed by atoms with Crippen LogP contribution in [-0.2, 0) is 23.9 Å². The van der Waals surface area contributed by atoms with Gasteiger partial charge in [-0.1, -0.05) is 44.2 Å². The maximum atomic E-state index is 14.8. The van der Waals surface area contributed by atoms with E-state index in [0.29, 0.717) is 25.7 Å². The van der Waals surface area contributed by atoms with Gasteiger partial charge in [0.25, 0.3) is 5.91 Å². The normalized spacial score (nSPS) is 29.4. The molecule has 1 spiro atoms. The number of aliphatic hydroxyl groups excluding tert-OH is 1. The van der Waals surface area contributed by atoms with E-state index in [0.717, 1.165) is 16.8 Å². The number of nitrogens with zero attached hydrogens (tertiary/aromatic N) is 2. The summed E-state index contributed by atoms with van der Waals surface area (Å²) in [5.41, 5.74) is 0.488. The van der Waals surface area contributed by atoms with Crippen LogP contribution in [0.2, 0.25) is 0 Å². The van der Waals surface area contributed by atoms with Gasteiger partial charge in [-0.25, -0.2) is 0 Å². The van der Waals surface area contributed by atoms with Crippen molar-refractivity contribution in [2.75, 3.05) is 24.7 Å². The van der Waals surface area contributed by atoms with Gasteiger partial charge >= 0.3 is 5.97 Å². The average Bonchev–Trinajstić information content (AvgIpc) is 3.47. The Bertz CT molecular complexity index is 1160. The number of unbranched alkanes of at least 4 members (excludes halogenated alkanes) is 1. The number of anilines is 1. The van der Waals surface area contributed by atoms with Gasteiger partial charge in [-0.3, -0.25) is 14.4 Å². The molecule has 4 rings (SSSR count). The largest absolute Gasteiger partial charge is 0.465 e. The van der Waals surface area contributed by atoms with E-state index in [1.807, 2.05) is 52.8 Å². The molecular weight excluding hydrogens is 508 g/mol. The molecule has 2 unspecified atom stereocenters. The molecule has 8 heteroatoms. The Hall–Kier alpha value is -2.97. The van der Waals surface area contributed by atoms with Crippen LogP contribution in [0.3, 0.4) is 0 Å². The third-order valence-corrected chi connectivity index (χ3v) is 9.10. The van der Waals surface area contributed by atoms with Gasteiger partial charge in [-0.05, 0) is 63.5 Å². The van der Waals surface area contributed by atoms with Crippen LogP contribution in [0, 0.1) is 31.6 Å². The lowest BCUT2D eigenvalue weighted by atomic mass is 9.66. The molecule has 1 aromatic rings. The standard InChI is InChI=1S/C32H44N2O6/c1-8-10-11-18-39-30(38)25-24-28(36)34(23(19-35)20(3)4)27(32(24)16-15-31(25,7)40-32)29(37)33(17-9-2)26-21(5)13-12-14-22(26)6/h8-9,12-14,20,23-25,27,35H,1-2,10-11,15-19H2,3-7H3/t23-,24-,25-,27?,31+,32?/m0/s1. The first-order valence-electron chi connectivity index (χ1n) is 14.4. The van der Waals surface area contributed by atoms with Crippen molar-refractivity contribution in [1.82, 2.24) is 4.90 Å². The minimum absolute atomic E-state index is 0.135. The molecule has 218 valence electrons. The number of likely N-dealkylation sites (tertiary alicyclic amines) is 1. The lowest BCUT2D eigenvalue weighted by Crippen LogP contribution is -2.60. The van der Waals surface area contributed by atoms with Crippen LogP contribution in [-0.4, -0.2) is 70.8 Å². The molecule has 0 radical (unpaired) electrons. The summed E-state index contributed by atoms with van der Waals surface area (Å²) in [6, 6.07) is 4.21. The second-order valence-electron chi connectivity index (χ2n) is 12.0. The van der Waals surface area contributed by atoms with Crippen LogP contribution in [0.5, 0.6) is 0 Å². The number of amides is 2. The number of benzene rings is 1. The molecule has 3 saturated heterocycles. The third-order valence-electron chi connectivity index (χ3n) is 9.10. The maximum Gasteiger partial charge on any atom is 0.312 e. The monoisotopic (exact) mass is 552 g/mol. The lowest BCUT2D eigenvalue weighted by Gasteiger charge is -2.41. The summed E-state index contributed by atoms with van der Waals surface area (Å²) >= 11 is 0. The summed E-state index contributed by atoms with van der Waals surface area (Å²) in [6.45, 7) is 17.3. The highest BCUT2D eigenvalue weighted by Crippen LogP contribution is 2.64. The van der Waals surface area contributed by atoms with Crippen LogP contribution in [0.15, 0.2) is 43.5 Å². The van der Waals surface area contributed by atoms with Gasteiger partial charge in [-0.15, -0.1) is 13.2 Å². The number of carbonyl (C=O) groups excluding carboxylic acids is 3. The Labute approximate surface area is 238 Å². The van der Waals surface area contributed by atoms with Gasteiger partial charge in [0.15, 0.2) is 0 Å². The van der Waals surface area contributed by atoms with E-state index in [-0.39, 0.29) is 37.5 Å². The molecule has 0 aromatic heterocycles. The van der Waals surface area contributed by atoms with Crippen molar-refractivity contribution in [2.45, 2.75) is 83.6 Å². The molecule has 1 N–H and O–H groups in total. The fourth-order valence-corrected chi connectivity index (χ4v) is 7.27. The first kappa shape index (κ1) is 30.0.